The van der Waals surface area contributed by atoms with Crippen molar-refractivity contribution in [2.45, 2.75) is 45.6 Å². The van der Waals surface area contributed by atoms with Crippen molar-refractivity contribution in [3.8, 4) is 0 Å². The van der Waals surface area contributed by atoms with E-state index in [-0.39, 0.29) is 6.04 Å². The van der Waals surface area contributed by atoms with Crippen molar-refractivity contribution in [1.82, 2.24) is 0 Å². The second kappa shape index (κ2) is 5.89. The molecular formula is C17H23NS. The molecule has 1 aromatic heterocycles. The van der Waals surface area contributed by atoms with Crippen LogP contribution in [-0.4, -0.2) is 0 Å². The summed E-state index contributed by atoms with van der Waals surface area (Å²) >= 11 is 1.73. The summed E-state index contributed by atoms with van der Waals surface area (Å²) in [6, 6.07) is 11.0. The van der Waals surface area contributed by atoms with E-state index in [2.05, 4.69) is 63.4 Å². The van der Waals surface area contributed by atoms with Gasteiger partial charge >= 0.3 is 0 Å². The van der Waals surface area contributed by atoms with Gasteiger partial charge in [0.2, 0.25) is 0 Å². The van der Waals surface area contributed by atoms with E-state index in [1.165, 1.54) is 21.6 Å². The van der Waals surface area contributed by atoms with Gasteiger partial charge in [0.1, 0.15) is 0 Å². The number of thiophene rings is 1. The predicted octanol–water partition coefficient (Wildman–Crippen LogP) is 5.04. The zero-order valence-corrected chi connectivity index (χ0v) is 13.0. The highest BCUT2D eigenvalue weighted by Crippen LogP contribution is 2.32. The van der Waals surface area contributed by atoms with Crippen LogP contribution in [0, 0.1) is 0 Å². The Bertz CT molecular complexity index is 526. The van der Waals surface area contributed by atoms with E-state index < -0.39 is 0 Å². The lowest BCUT2D eigenvalue weighted by molar-refractivity contribution is 0.787. The van der Waals surface area contributed by atoms with Crippen molar-refractivity contribution in [2.75, 3.05) is 0 Å². The van der Waals surface area contributed by atoms with Gasteiger partial charge in [-0.2, -0.15) is 0 Å². The number of hydrogen-bond donors (Lipinski definition) is 1. The molecule has 1 atom stereocenters. The standard InChI is InChI=1S/C17H23NS/c1-11(2)13-7-8-14(15(10-13)12(3)4)17(18)16-6-5-9-19-16/h5-12,17H,18H2,1-4H3. The molecule has 0 radical (unpaired) electrons. The Balaban J connectivity index is 2.45. The van der Waals surface area contributed by atoms with Crippen LogP contribution in [0.3, 0.4) is 0 Å². The zero-order chi connectivity index (χ0) is 14.0. The van der Waals surface area contributed by atoms with Crippen LogP contribution < -0.4 is 5.73 Å². The van der Waals surface area contributed by atoms with Crippen LogP contribution in [0.4, 0.5) is 0 Å². The SMILES string of the molecule is CC(C)c1ccc(C(N)c2cccs2)c(C(C)C)c1. The molecule has 0 aliphatic carbocycles. The first-order valence-electron chi connectivity index (χ1n) is 6.93. The second-order valence-corrected chi connectivity index (χ2v) is 6.67. The van der Waals surface area contributed by atoms with Gasteiger partial charge in [0, 0.05) is 4.88 Å². The summed E-state index contributed by atoms with van der Waals surface area (Å²) in [5.41, 5.74) is 10.5. The van der Waals surface area contributed by atoms with Crippen LogP contribution >= 0.6 is 11.3 Å². The van der Waals surface area contributed by atoms with Gasteiger partial charge in [-0.3, -0.25) is 0 Å². The third kappa shape index (κ3) is 3.07. The summed E-state index contributed by atoms with van der Waals surface area (Å²) in [7, 11) is 0. The lowest BCUT2D eigenvalue weighted by Crippen LogP contribution is -2.14. The maximum Gasteiger partial charge on any atom is 0.0648 e. The summed E-state index contributed by atoms with van der Waals surface area (Å²) in [6.45, 7) is 8.95. The molecule has 2 aromatic rings. The Morgan fingerprint density at radius 3 is 2.21 bits per heavy atom. The largest absolute Gasteiger partial charge is 0.320 e. The van der Waals surface area contributed by atoms with Crippen molar-refractivity contribution < 1.29 is 0 Å². The number of rotatable bonds is 4. The summed E-state index contributed by atoms with van der Waals surface area (Å²) in [5.74, 6) is 1.06. The molecule has 2 rings (SSSR count). The molecule has 2 heteroatoms. The predicted molar refractivity (Wildman–Crippen MR) is 85.0 cm³/mol. The third-order valence-electron chi connectivity index (χ3n) is 3.58. The topological polar surface area (TPSA) is 26.0 Å². The lowest BCUT2D eigenvalue weighted by Gasteiger charge is -2.20. The number of nitrogens with two attached hydrogens (primary N) is 1. The Morgan fingerprint density at radius 2 is 1.68 bits per heavy atom. The maximum absolute atomic E-state index is 6.44. The molecule has 2 N–H and O–H groups in total. The molecule has 102 valence electrons. The minimum atomic E-state index is -0.00128. The fourth-order valence-electron chi connectivity index (χ4n) is 2.36. The van der Waals surface area contributed by atoms with Gasteiger partial charge in [-0.15, -0.1) is 11.3 Å². The fourth-order valence-corrected chi connectivity index (χ4v) is 3.10. The molecule has 0 spiro atoms. The lowest BCUT2D eigenvalue weighted by atomic mass is 9.88. The van der Waals surface area contributed by atoms with Crippen LogP contribution in [0.2, 0.25) is 0 Å². The molecule has 1 heterocycles. The fraction of sp³-hybridized carbons (Fsp3) is 0.412. The van der Waals surface area contributed by atoms with Crippen LogP contribution in [-0.2, 0) is 0 Å². The summed E-state index contributed by atoms with van der Waals surface area (Å²) in [6.07, 6.45) is 0. The van der Waals surface area contributed by atoms with Crippen molar-refractivity contribution in [3.05, 3.63) is 57.3 Å². The van der Waals surface area contributed by atoms with Gasteiger partial charge in [0.25, 0.3) is 0 Å². The second-order valence-electron chi connectivity index (χ2n) is 5.69. The Kier molecular flexibility index (Phi) is 4.43. The number of benzene rings is 1. The zero-order valence-electron chi connectivity index (χ0n) is 12.2. The van der Waals surface area contributed by atoms with Crippen LogP contribution in [0.25, 0.3) is 0 Å². The van der Waals surface area contributed by atoms with Crippen LogP contribution in [0.15, 0.2) is 35.7 Å². The van der Waals surface area contributed by atoms with Crippen molar-refractivity contribution >= 4 is 11.3 Å². The molecule has 0 saturated carbocycles. The molecule has 0 fully saturated rings. The molecule has 1 unspecified atom stereocenters. The third-order valence-corrected chi connectivity index (χ3v) is 4.54. The van der Waals surface area contributed by atoms with E-state index >= 15 is 0 Å². The highest BCUT2D eigenvalue weighted by atomic mass is 32.1. The van der Waals surface area contributed by atoms with E-state index in [1.807, 2.05) is 0 Å². The molecule has 0 aliphatic rings. The molecule has 0 bridgehead atoms. The van der Waals surface area contributed by atoms with Crippen LogP contribution in [0.5, 0.6) is 0 Å². The van der Waals surface area contributed by atoms with E-state index in [1.54, 1.807) is 11.3 Å². The van der Waals surface area contributed by atoms with Crippen molar-refractivity contribution in [2.24, 2.45) is 5.73 Å². The van der Waals surface area contributed by atoms with Gasteiger partial charge in [-0.1, -0.05) is 52.0 Å². The minimum absolute atomic E-state index is 0.00128. The average Bonchev–Trinajstić information content (AvgIpc) is 2.90. The van der Waals surface area contributed by atoms with Crippen LogP contribution in [0.1, 0.15) is 67.1 Å². The van der Waals surface area contributed by atoms with E-state index in [0.29, 0.717) is 11.8 Å². The van der Waals surface area contributed by atoms with Gasteiger partial charge in [0.05, 0.1) is 6.04 Å². The summed E-state index contributed by atoms with van der Waals surface area (Å²) < 4.78 is 0. The Labute approximate surface area is 120 Å². The van der Waals surface area contributed by atoms with E-state index in [0.717, 1.165) is 0 Å². The number of hydrogen-bond acceptors (Lipinski definition) is 2. The van der Waals surface area contributed by atoms with Crippen molar-refractivity contribution in [3.63, 3.8) is 0 Å². The molecule has 0 aliphatic heterocycles. The molecule has 0 saturated heterocycles. The Morgan fingerprint density at radius 1 is 0.947 bits per heavy atom. The Hall–Kier alpha value is -1.12. The van der Waals surface area contributed by atoms with E-state index in [4.69, 9.17) is 5.73 Å². The quantitative estimate of drug-likeness (QED) is 0.829. The molecular weight excluding hydrogens is 250 g/mol. The van der Waals surface area contributed by atoms with Gasteiger partial charge in [-0.25, -0.2) is 0 Å². The first kappa shape index (κ1) is 14.3. The van der Waals surface area contributed by atoms with Gasteiger partial charge in [0.15, 0.2) is 0 Å². The average molecular weight is 273 g/mol. The monoisotopic (exact) mass is 273 g/mol. The van der Waals surface area contributed by atoms with Gasteiger partial charge < -0.3 is 5.73 Å². The minimum Gasteiger partial charge on any atom is -0.320 e. The molecule has 1 nitrogen and oxygen atoms in total. The summed E-state index contributed by atoms with van der Waals surface area (Å²) in [4.78, 5) is 1.24. The van der Waals surface area contributed by atoms with Crippen molar-refractivity contribution in [1.29, 1.82) is 0 Å². The van der Waals surface area contributed by atoms with Gasteiger partial charge in [-0.05, 0) is 40.0 Å². The molecule has 0 amide bonds. The molecule has 1 aromatic carbocycles. The van der Waals surface area contributed by atoms with E-state index in [9.17, 15) is 0 Å². The molecule has 19 heavy (non-hydrogen) atoms. The summed E-state index contributed by atoms with van der Waals surface area (Å²) in [5, 5.41) is 2.09. The normalized spacial score (nSPS) is 13.2. The maximum atomic E-state index is 6.44. The first-order valence-corrected chi connectivity index (χ1v) is 7.81. The highest BCUT2D eigenvalue weighted by Gasteiger charge is 2.17. The highest BCUT2D eigenvalue weighted by molar-refractivity contribution is 7.10. The smallest absolute Gasteiger partial charge is 0.0648 e. The first-order chi connectivity index (χ1) is 9.00.